The van der Waals surface area contributed by atoms with Crippen molar-refractivity contribution in [2.75, 3.05) is 31.1 Å². The minimum atomic E-state index is -0.505. The number of aromatic hydroxyl groups is 1. The molecule has 0 saturated carbocycles. The predicted molar refractivity (Wildman–Crippen MR) is 119 cm³/mol. The van der Waals surface area contributed by atoms with Crippen LogP contribution >= 0.6 is 11.6 Å². The van der Waals surface area contributed by atoms with Crippen molar-refractivity contribution in [3.05, 3.63) is 59.1 Å². The molecule has 0 unspecified atom stereocenters. The summed E-state index contributed by atoms with van der Waals surface area (Å²) in [5.74, 6) is 0.755. The topological polar surface area (TPSA) is 61.3 Å². The van der Waals surface area contributed by atoms with Crippen molar-refractivity contribution in [3.8, 4) is 16.9 Å². The van der Waals surface area contributed by atoms with Crippen molar-refractivity contribution in [1.29, 1.82) is 0 Å². The van der Waals surface area contributed by atoms with Crippen LogP contribution in [0.15, 0.2) is 42.5 Å². The van der Waals surface area contributed by atoms with Crippen LogP contribution in [0.1, 0.15) is 5.82 Å². The summed E-state index contributed by atoms with van der Waals surface area (Å²) in [7, 11) is 0. The number of anilines is 1. The molecule has 7 heteroatoms. The SMILES string of the molecule is Cc1nc(N2CCNCC2)c2cc(Cl)c(-c3cc(O)cc4ccccc34)c(F)c2n1. The van der Waals surface area contributed by atoms with Gasteiger partial charge in [0, 0.05) is 37.1 Å². The lowest BCUT2D eigenvalue weighted by Crippen LogP contribution is -2.44. The van der Waals surface area contributed by atoms with E-state index in [0.29, 0.717) is 22.6 Å². The van der Waals surface area contributed by atoms with Gasteiger partial charge in [-0.15, -0.1) is 0 Å². The van der Waals surface area contributed by atoms with Gasteiger partial charge in [-0.1, -0.05) is 35.9 Å². The molecule has 5 rings (SSSR count). The normalized spacial score (nSPS) is 14.6. The number of halogens is 2. The van der Waals surface area contributed by atoms with Crippen LogP contribution in [0.5, 0.6) is 5.75 Å². The number of nitrogens with one attached hydrogen (secondary N) is 1. The number of phenols is 1. The average molecular weight is 423 g/mol. The average Bonchev–Trinajstić information content (AvgIpc) is 2.74. The molecular formula is C23H20ClFN4O. The quantitative estimate of drug-likeness (QED) is 0.491. The van der Waals surface area contributed by atoms with Crippen LogP contribution in [-0.4, -0.2) is 41.3 Å². The van der Waals surface area contributed by atoms with E-state index in [1.165, 1.54) is 0 Å². The van der Waals surface area contributed by atoms with Crippen molar-refractivity contribution < 1.29 is 9.50 Å². The molecule has 152 valence electrons. The Labute approximate surface area is 178 Å². The Balaban J connectivity index is 1.80. The molecule has 0 aliphatic carbocycles. The van der Waals surface area contributed by atoms with Crippen LogP contribution in [0.3, 0.4) is 0 Å². The van der Waals surface area contributed by atoms with E-state index in [2.05, 4.69) is 20.2 Å². The minimum absolute atomic E-state index is 0.0552. The molecule has 1 aromatic heterocycles. The highest BCUT2D eigenvalue weighted by atomic mass is 35.5. The number of fused-ring (bicyclic) bond motifs is 2. The molecule has 3 aromatic carbocycles. The predicted octanol–water partition coefficient (Wildman–Crippen LogP) is 4.67. The second-order valence-electron chi connectivity index (χ2n) is 7.49. The molecule has 0 spiro atoms. The lowest BCUT2D eigenvalue weighted by atomic mass is 9.96. The van der Waals surface area contributed by atoms with Crippen LogP contribution in [-0.2, 0) is 0 Å². The van der Waals surface area contributed by atoms with Crippen molar-refractivity contribution in [2.45, 2.75) is 6.92 Å². The van der Waals surface area contributed by atoms with Gasteiger partial charge in [0.05, 0.1) is 5.02 Å². The van der Waals surface area contributed by atoms with Crippen molar-refractivity contribution in [3.63, 3.8) is 0 Å². The first kappa shape index (κ1) is 19.0. The van der Waals surface area contributed by atoms with Crippen LogP contribution < -0.4 is 10.2 Å². The van der Waals surface area contributed by atoms with Gasteiger partial charge in [0.25, 0.3) is 0 Å². The van der Waals surface area contributed by atoms with Gasteiger partial charge in [0.2, 0.25) is 0 Å². The van der Waals surface area contributed by atoms with Crippen molar-refractivity contribution in [1.82, 2.24) is 15.3 Å². The lowest BCUT2D eigenvalue weighted by Gasteiger charge is -2.29. The molecule has 0 amide bonds. The number of aromatic nitrogens is 2. The number of aryl methyl sites for hydroxylation is 1. The third-order valence-electron chi connectivity index (χ3n) is 5.51. The number of hydrogen-bond donors (Lipinski definition) is 2. The maximum Gasteiger partial charge on any atom is 0.158 e. The number of phenolic OH excluding ortho intramolecular Hbond substituents is 1. The van der Waals surface area contributed by atoms with Crippen LogP contribution in [0.25, 0.3) is 32.8 Å². The first-order valence-electron chi connectivity index (χ1n) is 9.87. The highest BCUT2D eigenvalue weighted by molar-refractivity contribution is 6.35. The van der Waals surface area contributed by atoms with E-state index >= 15 is 4.39 Å². The van der Waals surface area contributed by atoms with E-state index in [9.17, 15) is 5.11 Å². The number of piperazine rings is 1. The van der Waals surface area contributed by atoms with Gasteiger partial charge in [-0.25, -0.2) is 14.4 Å². The Hall–Kier alpha value is -2.96. The third-order valence-corrected chi connectivity index (χ3v) is 5.81. The lowest BCUT2D eigenvalue weighted by molar-refractivity contribution is 0.476. The number of rotatable bonds is 2. The van der Waals surface area contributed by atoms with E-state index in [1.54, 1.807) is 25.1 Å². The zero-order valence-corrected chi connectivity index (χ0v) is 17.2. The summed E-state index contributed by atoms with van der Waals surface area (Å²) in [5, 5.41) is 16.0. The molecule has 0 atom stereocenters. The second-order valence-corrected chi connectivity index (χ2v) is 7.90. The molecule has 4 aromatic rings. The highest BCUT2D eigenvalue weighted by Crippen LogP contribution is 2.41. The molecule has 1 aliphatic heterocycles. The third kappa shape index (κ3) is 3.13. The van der Waals surface area contributed by atoms with Gasteiger partial charge in [-0.05, 0) is 41.5 Å². The fraction of sp³-hybridized carbons (Fsp3) is 0.217. The summed E-state index contributed by atoms with van der Waals surface area (Å²) < 4.78 is 15.9. The summed E-state index contributed by atoms with van der Waals surface area (Å²) in [4.78, 5) is 11.1. The molecule has 1 saturated heterocycles. The first-order chi connectivity index (χ1) is 14.5. The molecule has 1 aliphatic rings. The maximum atomic E-state index is 15.9. The Morgan fingerprint density at radius 1 is 1.07 bits per heavy atom. The molecule has 0 radical (unpaired) electrons. The molecule has 30 heavy (non-hydrogen) atoms. The minimum Gasteiger partial charge on any atom is -0.508 e. The van der Waals surface area contributed by atoms with Crippen LogP contribution in [0.2, 0.25) is 5.02 Å². The van der Waals surface area contributed by atoms with Gasteiger partial charge in [0.15, 0.2) is 5.82 Å². The fourth-order valence-corrected chi connectivity index (χ4v) is 4.45. The van der Waals surface area contributed by atoms with E-state index in [-0.39, 0.29) is 21.9 Å². The largest absolute Gasteiger partial charge is 0.508 e. The maximum absolute atomic E-state index is 15.9. The highest BCUT2D eigenvalue weighted by Gasteiger charge is 2.23. The molecule has 0 bridgehead atoms. The van der Waals surface area contributed by atoms with Gasteiger partial charge in [0.1, 0.15) is 22.9 Å². The number of nitrogens with zero attached hydrogens (tertiary/aromatic N) is 3. The van der Waals surface area contributed by atoms with Crippen LogP contribution in [0.4, 0.5) is 10.2 Å². The Morgan fingerprint density at radius 2 is 1.83 bits per heavy atom. The monoisotopic (exact) mass is 422 g/mol. The van der Waals surface area contributed by atoms with Gasteiger partial charge >= 0.3 is 0 Å². The number of hydrogen-bond acceptors (Lipinski definition) is 5. The second kappa shape index (κ2) is 7.38. The van der Waals surface area contributed by atoms with Crippen molar-refractivity contribution >= 4 is 39.1 Å². The van der Waals surface area contributed by atoms with E-state index < -0.39 is 5.82 Å². The molecular weight excluding hydrogens is 403 g/mol. The zero-order valence-electron chi connectivity index (χ0n) is 16.4. The fourth-order valence-electron chi connectivity index (χ4n) is 4.15. The summed E-state index contributed by atoms with van der Waals surface area (Å²) in [6, 6.07) is 12.5. The Kier molecular flexibility index (Phi) is 4.68. The summed E-state index contributed by atoms with van der Waals surface area (Å²) >= 11 is 6.64. The van der Waals surface area contributed by atoms with Crippen LogP contribution in [0, 0.1) is 12.7 Å². The van der Waals surface area contributed by atoms with Gasteiger partial charge < -0.3 is 15.3 Å². The smallest absolute Gasteiger partial charge is 0.158 e. The van der Waals surface area contributed by atoms with Crippen molar-refractivity contribution in [2.24, 2.45) is 0 Å². The van der Waals surface area contributed by atoms with E-state index in [4.69, 9.17) is 11.6 Å². The summed E-state index contributed by atoms with van der Waals surface area (Å²) in [6.45, 7) is 5.01. The zero-order chi connectivity index (χ0) is 20.8. The molecule has 2 N–H and O–H groups in total. The van der Waals surface area contributed by atoms with Gasteiger partial charge in [-0.2, -0.15) is 0 Å². The molecule has 2 heterocycles. The molecule has 1 fully saturated rings. The summed E-state index contributed by atoms with van der Waals surface area (Å²) in [5.41, 5.74) is 1.01. The first-order valence-corrected chi connectivity index (χ1v) is 10.2. The van der Waals surface area contributed by atoms with Gasteiger partial charge in [-0.3, -0.25) is 0 Å². The Bertz CT molecular complexity index is 1290. The van der Waals surface area contributed by atoms with E-state index in [1.807, 2.05) is 24.3 Å². The standard InChI is InChI=1S/C23H20ClFN4O/c1-13-27-22-18(23(28-13)29-8-6-26-7-9-29)12-19(24)20(21(22)25)17-11-15(30)10-14-4-2-3-5-16(14)17/h2-5,10-12,26,30H,6-9H2,1H3. The van der Waals surface area contributed by atoms with E-state index in [0.717, 1.165) is 37.0 Å². The summed E-state index contributed by atoms with van der Waals surface area (Å²) in [6.07, 6.45) is 0. The Morgan fingerprint density at radius 3 is 2.63 bits per heavy atom. The molecule has 5 nitrogen and oxygen atoms in total. The number of benzene rings is 3.